The van der Waals surface area contributed by atoms with E-state index in [2.05, 4.69) is 20.4 Å². The molecule has 3 rings (SSSR count). The number of H-pyrrole nitrogens is 1. The van der Waals surface area contributed by atoms with Gasteiger partial charge in [-0.25, -0.2) is 9.37 Å². The minimum atomic E-state index is -0.289. The van der Waals surface area contributed by atoms with E-state index in [-0.39, 0.29) is 17.9 Å². The van der Waals surface area contributed by atoms with Crippen molar-refractivity contribution in [3.63, 3.8) is 0 Å². The van der Waals surface area contributed by atoms with E-state index >= 15 is 0 Å². The number of aromatic nitrogens is 4. The SMILES string of the molecule is Cc1nc2nc(NCc3ccccc3F)[nH]n2c(=O)c1C. The molecule has 0 aliphatic rings. The Labute approximate surface area is 119 Å². The van der Waals surface area contributed by atoms with Crippen LogP contribution in [0.5, 0.6) is 0 Å². The fourth-order valence-corrected chi connectivity index (χ4v) is 2.00. The van der Waals surface area contributed by atoms with Gasteiger partial charge < -0.3 is 5.32 Å². The van der Waals surface area contributed by atoms with Gasteiger partial charge in [-0.05, 0) is 19.9 Å². The van der Waals surface area contributed by atoms with Gasteiger partial charge in [-0.15, -0.1) is 0 Å². The Morgan fingerprint density at radius 2 is 2.05 bits per heavy atom. The van der Waals surface area contributed by atoms with Crippen molar-refractivity contribution >= 4 is 11.7 Å². The van der Waals surface area contributed by atoms with Gasteiger partial charge in [0.1, 0.15) is 5.82 Å². The van der Waals surface area contributed by atoms with Crippen LogP contribution in [-0.2, 0) is 6.54 Å². The van der Waals surface area contributed by atoms with Crippen molar-refractivity contribution in [2.75, 3.05) is 5.32 Å². The molecule has 0 saturated heterocycles. The third-order valence-electron chi connectivity index (χ3n) is 3.37. The number of fused-ring (bicyclic) bond motifs is 1. The molecule has 0 radical (unpaired) electrons. The lowest BCUT2D eigenvalue weighted by atomic mass is 10.2. The van der Waals surface area contributed by atoms with Gasteiger partial charge in [-0.2, -0.15) is 9.50 Å². The molecule has 0 aliphatic heterocycles. The van der Waals surface area contributed by atoms with Gasteiger partial charge in [0, 0.05) is 23.4 Å². The summed E-state index contributed by atoms with van der Waals surface area (Å²) in [5.41, 5.74) is 1.54. The molecule has 1 aromatic carbocycles. The van der Waals surface area contributed by atoms with Crippen molar-refractivity contribution in [2.24, 2.45) is 0 Å². The molecule has 0 unspecified atom stereocenters. The average Bonchev–Trinajstić information content (AvgIpc) is 2.87. The molecule has 0 amide bonds. The fraction of sp³-hybridized carbons (Fsp3) is 0.214. The fourth-order valence-electron chi connectivity index (χ4n) is 2.00. The summed E-state index contributed by atoms with van der Waals surface area (Å²) in [6.45, 7) is 3.74. The summed E-state index contributed by atoms with van der Waals surface area (Å²) in [7, 11) is 0. The van der Waals surface area contributed by atoms with Crippen molar-refractivity contribution in [1.82, 2.24) is 19.6 Å². The Kier molecular flexibility index (Phi) is 3.17. The number of nitrogens with zero attached hydrogens (tertiary/aromatic N) is 3. The number of rotatable bonds is 3. The molecule has 6 nitrogen and oxygen atoms in total. The van der Waals surface area contributed by atoms with Crippen LogP contribution in [0.2, 0.25) is 0 Å². The zero-order chi connectivity index (χ0) is 15.0. The first-order chi connectivity index (χ1) is 10.1. The number of hydrogen-bond acceptors (Lipinski definition) is 4. The maximum Gasteiger partial charge on any atom is 0.277 e. The zero-order valence-corrected chi connectivity index (χ0v) is 11.6. The van der Waals surface area contributed by atoms with Crippen molar-refractivity contribution in [3.05, 3.63) is 57.3 Å². The molecular weight excluding hydrogens is 273 g/mol. The van der Waals surface area contributed by atoms with Crippen molar-refractivity contribution in [3.8, 4) is 0 Å². The second-order valence-corrected chi connectivity index (χ2v) is 4.78. The summed E-state index contributed by atoms with van der Waals surface area (Å²) in [5.74, 6) is 0.370. The van der Waals surface area contributed by atoms with E-state index in [9.17, 15) is 9.18 Å². The van der Waals surface area contributed by atoms with Gasteiger partial charge in [0.2, 0.25) is 5.95 Å². The summed E-state index contributed by atoms with van der Waals surface area (Å²) in [6, 6.07) is 6.48. The van der Waals surface area contributed by atoms with Crippen LogP contribution in [0, 0.1) is 19.7 Å². The predicted octanol–water partition coefficient (Wildman–Crippen LogP) is 1.79. The van der Waals surface area contributed by atoms with Crippen molar-refractivity contribution in [2.45, 2.75) is 20.4 Å². The van der Waals surface area contributed by atoms with Gasteiger partial charge in [-0.3, -0.25) is 9.89 Å². The molecule has 0 fully saturated rings. The summed E-state index contributed by atoms with van der Waals surface area (Å²) in [5, 5.41) is 5.77. The van der Waals surface area contributed by atoms with E-state index in [1.165, 1.54) is 10.6 Å². The molecule has 0 spiro atoms. The third kappa shape index (κ3) is 2.37. The minimum Gasteiger partial charge on any atom is -0.350 e. The Bertz CT molecular complexity index is 867. The summed E-state index contributed by atoms with van der Waals surface area (Å²) in [4.78, 5) is 20.5. The second kappa shape index (κ2) is 5.01. The van der Waals surface area contributed by atoms with Crippen molar-refractivity contribution in [1.29, 1.82) is 0 Å². The number of nitrogens with one attached hydrogen (secondary N) is 2. The van der Waals surface area contributed by atoms with E-state index in [1.807, 2.05) is 0 Å². The van der Waals surface area contributed by atoms with Crippen molar-refractivity contribution < 1.29 is 4.39 Å². The van der Waals surface area contributed by atoms with E-state index in [4.69, 9.17) is 0 Å². The first-order valence-electron chi connectivity index (χ1n) is 6.49. The van der Waals surface area contributed by atoms with Crippen LogP contribution in [-0.4, -0.2) is 19.6 Å². The van der Waals surface area contributed by atoms with Gasteiger partial charge in [0.15, 0.2) is 0 Å². The quantitative estimate of drug-likeness (QED) is 0.770. The topological polar surface area (TPSA) is 75.1 Å². The highest BCUT2D eigenvalue weighted by atomic mass is 19.1. The first-order valence-corrected chi connectivity index (χ1v) is 6.49. The van der Waals surface area contributed by atoms with Gasteiger partial charge in [0.25, 0.3) is 11.3 Å². The third-order valence-corrected chi connectivity index (χ3v) is 3.37. The highest BCUT2D eigenvalue weighted by Gasteiger charge is 2.10. The average molecular weight is 287 g/mol. The molecule has 0 bridgehead atoms. The maximum absolute atomic E-state index is 13.5. The minimum absolute atomic E-state index is 0.191. The normalized spacial score (nSPS) is 11.0. The zero-order valence-electron chi connectivity index (χ0n) is 11.6. The molecule has 2 heterocycles. The Balaban J connectivity index is 1.91. The highest BCUT2D eigenvalue weighted by Crippen LogP contribution is 2.09. The molecule has 0 aliphatic carbocycles. The van der Waals surface area contributed by atoms with Gasteiger partial charge >= 0.3 is 0 Å². The standard InChI is InChI=1S/C14H14FN5O/c1-8-9(2)17-14-18-13(19-20(14)12(8)21)16-7-10-5-3-4-6-11(10)15/h3-6H,7H2,1-2H3,(H2,16,17,18,19). The molecule has 21 heavy (non-hydrogen) atoms. The molecule has 108 valence electrons. The smallest absolute Gasteiger partial charge is 0.277 e. The van der Waals surface area contributed by atoms with E-state index < -0.39 is 0 Å². The van der Waals surface area contributed by atoms with Crippen LogP contribution in [0.1, 0.15) is 16.8 Å². The monoisotopic (exact) mass is 287 g/mol. The van der Waals surface area contributed by atoms with Gasteiger partial charge in [-0.1, -0.05) is 18.2 Å². The number of aromatic amines is 1. The molecule has 7 heteroatoms. The van der Waals surface area contributed by atoms with E-state index in [0.717, 1.165) is 0 Å². The van der Waals surface area contributed by atoms with E-state index in [1.54, 1.807) is 32.0 Å². The van der Waals surface area contributed by atoms with Crippen LogP contribution in [0.25, 0.3) is 5.78 Å². The van der Waals surface area contributed by atoms with Crippen LogP contribution in [0.4, 0.5) is 10.3 Å². The maximum atomic E-state index is 13.5. The Morgan fingerprint density at radius 3 is 2.81 bits per heavy atom. The first kappa shape index (κ1) is 13.3. The molecular formula is C14H14FN5O. The van der Waals surface area contributed by atoms with Crippen LogP contribution in [0.15, 0.2) is 29.1 Å². The van der Waals surface area contributed by atoms with Crippen LogP contribution < -0.4 is 10.9 Å². The lowest BCUT2D eigenvalue weighted by Gasteiger charge is -2.03. The van der Waals surface area contributed by atoms with Crippen LogP contribution >= 0.6 is 0 Å². The molecule has 0 saturated carbocycles. The number of benzene rings is 1. The summed E-state index contributed by atoms with van der Waals surface area (Å²) in [6.07, 6.45) is 0. The second-order valence-electron chi connectivity index (χ2n) is 4.78. The number of halogens is 1. The predicted molar refractivity (Wildman–Crippen MR) is 76.8 cm³/mol. The van der Waals surface area contributed by atoms with Gasteiger partial charge in [0.05, 0.1) is 0 Å². The summed E-state index contributed by atoms with van der Waals surface area (Å²) >= 11 is 0. The lowest BCUT2D eigenvalue weighted by molar-refractivity contribution is 0.612. The molecule has 0 atom stereocenters. The number of hydrogen-bond donors (Lipinski definition) is 2. The number of aryl methyl sites for hydroxylation is 1. The molecule has 2 aromatic heterocycles. The summed E-state index contributed by atoms with van der Waals surface area (Å²) < 4.78 is 14.8. The van der Waals surface area contributed by atoms with E-state index in [0.29, 0.717) is 28.5 Å². The Hall–Kier alpha value is -2.70. The Morgan fingerprint density at radius 1 is 1.29 bits per heavy atom. The number of anilines is 1. The highest BCUT2D eigenvalue weighted by molar-refractivity contribution is 5.39. The lowest BCUT2D eigenvalue weighted by Crippen LogP contribution is -2.19. The van der Waals surface area contributed by atoms with Crippen LogP contribution in [0.3, 0.4) is 0 Å². The largest absolute Gasteiger partial charge is 0.350 e. The molecule has 2 N–H and O–H groups in total. The molecule has 3 aromatic rings.